The van der Waals surface area contributed by atoms with Gasteiger partial charge in [-0.05, 0) is 50.1 Å². The van der Waals surface area contributed by atoms with Crippen LogP contribution in [0.1, 0.15) is 22.3 Å². The zero-order valence-electron chi connectivity index (χ0n) is 15.7. The number of hydrogen-bond donors (Lipinski definition) is 0. The number of methoxy groups -OCH3 is 2. The summed E-state index contributed by atoms with van der Waals surface area (Å²) in [5.41, 5.74) is 2.17. The Morgan fingerprint density at radius 2 is 1.59 bits per heavy atom. The fraction of sp³-hybridized carbons (Fsp3) is 0.263. The molecule has 2 rings (SSSR count). The first-order chi connectivity index (χ1) is 12.7. The molecule has 0 aliphatic rings. The van der Waals surface area contributed by atoms with Gasteiger partial charge in [0.15, 0.2) is 17.2 Å². The highest BCUT2D eigenvalue weighted by Crippen LogP contribution is 2.28. The van der Waals surface area contributed by atoms with Gasteiger partial charge in [-0.15, -0.1) is 0 Å². The summed E-state index contributed by atoms with van der Waals surface area (Å²) in [6.45, 7) is 5.24. The summed E-state index contributed by atoms with van der Waals surface area (Å²) in [7, 11) is -1.24. The molecule has 0 saturated carbocycles. The first kappa shape index (κ1) is 20.3. The van der Waals surface area contributed by atoms with Crippen molar-refractivity contribution in [3.8, 4) is 17.6 Å². The predicted molar refractivity (Wildman–Crippen MR) is 101 cm³/mol. The normalized spacial score (nSPS) is 11.6. The van der Waals surface area contributed by atoms with E-state index in [0.29, 0.717) is 28.2 Å². The number of ether oxygens (including phenoxy) is 2. The SMILES string of the molecule is COc1ccc(C(C#N)=NOS(=O)(=O)c2c(C)cc(C)cc2C)cc1OC. The minimum absolute atomic E-state index is 0.0430. The number of hydrogen-bond acceptors (Lipinski definition) is 7. The number of nitrogens with zero attached hydrogens (tertiary/aromatic N) is 2. The van der Waals surface area contributed by atoms with Gasteiger partial charge in [0.05, 0.1) is 14.2 Å². The molecule has 2 aromatic carbocycles. The van der Waals surface area contributed by atoms with Crippen molar-refractivity contribution < 1.29 is 22.2 Å². The smallest absolute Gasteiger partial charge is 0.359 e. The second-order valence-electron chi connectivity index (χ2n) is 5.88. The van der Waals surface area contributed by atoms with E-state index in [9.17, 15) is 13.7 Å². The number of nitriles is 1. The summed E-state index contributed by atoms with van der Waals surface area (Å²) in [4.78, 5) is 0.0430. The molecular formula is C19H20N2O5S. The molecule has 0 heterocycles. The molecule has 0 atom stereocenters. The second-order valence-corrected chi connectivity index (χ2v) is 7.34. The van der Waals surface area contributed by atoms with Gasteiger partial charge in [-0.25, -0.2) is 0 Å². The molecule has 0 fully saturated rings. The highest BCUT2D eigenvalue weighted by atomic mass is 32.2. The van der Waals surface area contributed by atoms with Crippen LogP contribution in [0, 0.1) is 32.1 Å². The van der Waals surface area contributed by atoms with Gasteiger partial charge < -0.3 is 9.47 Å². The van der Waals surface area contributed by atoms with Crippen LogP contribution in [0.25, 0.3) is 0 Å². The maximum Gasteiger partial charge on any atom is 0.359 e. The second kappa shape index (κ2) is 8.10. The van der Waals surface area contributed by atoms with E-state index in [4.69, 9.17) is 13.8 Å². The van der Waals surface area contributed by atoms with Crippen LogP contribution < -0.4 is 9.47 Å². The summed E-state index contributed by atoms with van der Waals surface area (Å²) in [6, 6.07) is 9.98. The molecular weight excluding hydrogens is 368 g/mol. The third-order valence-electron chi connectivity index (χ3n) is 3.84. The standard InChI is InChI=1S/C19H20N2O5S/c1-12-8-13(2)19(14(3)9-12)27(22,23)26-21-16(11-20)15-6-7-17(24-4)18(10-15)25-5/h6-10H,1-5H3. The summed E-state index contributed by atoms with van der Waals surface area (Å²) in [6.07, 6.45) is 0. The van der Waals surface area contributed by atoms with E-state index in [1.165, 1.54) is 20.3 Å². The van der Waals surface area contributed by atoms with Gasteiger partial charge in [-0.3, -0.25) is 4.28 Å². The Morgan fingerprint density at radius 1 is 1.00 bits per heavy atom. The molecule has 2 aromatic rings. The molecule has 142 valence electrons. The first-order valence-corrected chi connectivity index (χ1v) is 9.36. The van der Waals surface area contributed by atoms with Crippen LogP contribution in [-0.4, -0.2) is 28.3 Å². The zero-order valence-corrected chi connectivity index (χ0v) is 16.5. The monoisotopic (exact) mass is 388 g/mol. The molecule has 0 aliphatic heterocycles. The maximum absolute atomic E-state index is 12.6. The van der Waals surface area contributed by atoms with Crippen molar-refractivity contribution >= 4 is 15.8 Å². The molecule has 27 heavy (non-hydrogen) atoms. The van der Waals surface area contributed by atoms with Crippen LogP contribution in [0.4, 0.5) is 0 Å². The van der Waals surface area contributed by atoms with E-state index in [1.54, 1.807) is 38.1 Å². The van der Waals surface area contributed by atoms with E-state index in [1.807, 2.05) is 13.0 Å². The van der Waals surface area contributed by atoms with E-state index in [2.05, 4.69) is 5.16 Å². The summed E-state index contributed by atoms with van der Waals surface area (Å²) in [5.74, 6) is 0.851. The van der Waals surface area contributed by atoms with Crippen LogP contribution >= 0.6 is 0 Å². The molecule has 7 nitrogen and oxygen atoms in total. The topological polar surface area (TPSA) is 98.0 Å². The fourth-order valence-corrected chi connectivity index (χ4v) is 3.96. The largest absolute Gasteiger partial charge is 0.493 e. The van der Waals surface area contributed by atoms with Crippen LogP contribution in [0.5, 0.6) is 11.5 Å². The van der Waals surface area contributed by atoms with Crippen molar-refractivity contribution in [1.29, 1.82) is 5.26 Å². The molecule has 0 N–H and O–H groups in total. The van der Waals surface area contributed by atoms with Gasteiger partial charge in [-0.2, -0.15) is 13.7 Å². The highest BCUT2D eigenvalue weighted by molar-refractivity contribution is 7.86. The molecule has 0 aromatic heterocycles. The average molecular weight is 388 g/mol. The van der Waals surface area contributed by atoms with Gasteiger partial charge in [0.2, 0.25) is 0 Å². The van der Waals surface area contributed by atoms with E-state index in [-0.39, 0.29) is 10.6 Å². The van der Waals surface area contributed by atoms with Gasteiger partial charge in [0.1, 0.15) is 11.0 Å². The Morgan fingerprint density at radius 3 is 2.11 bits per heavy atom. The fourth-order valence-electron chi connectivity index (χ4n) is 2.81. The van der Waals surface area contributed by atoms with Gasteiger partial charge in [0, 0.05) is 5.56 Å². The third-order valence-corrected chi connectivity index (χ3v) is 5.26. The van der Waals surface area contributed by atoms with Crippen molar-refractivity contribution in [2.45, 2.75) is 25.7 Å². The van der Waals surface area contributed by atoms with Gasteiger partial charge in [-0.1, -0.05) is 22.9 Å². The van der Waals surface area contributed by atoms with Crippen LogP contribution in [0.3, 0.4) is 0 Å². The minimum Gasteiger partial charge on any atom is -0.493 e. The predicted octanol–water partition coefficient (Wildman–Crippen LogP) is 3.26. The van der Waals surface area contributed by atoms with Crippen molar-refractivity contribution in [3.63, 3.8) is 0 Å². The lowest BCUT2D eigenvalue weighted by Crippen LogP contribution is -2.09. The van der Waals surface area contributed by atoms with Crippen LogP contribution in [0.2, 0.25) is 0 Å². The van der Waals surface area contributed by atoms with E-state index in [0.717, 1.165) is 5.56 Å². The summed E-state index contributed by atoms with van der Waals surface area (Å²) < 4.78 is 40.3. The van der Waals surface area contributed by atoms with E-state index < -0.39 is 10.1 Å². The van der Waals surface area contributed by atoms with Crippen molar-refractivity contribution in [2.75, 3.05) is 14.2 Å². The Kier molecular flexibility index (Phi) is 6.08. The first-order valence-electron chi connectivity index (χ1n) is 7.95. The van der Waals surface area contributed by atoms with Crippen molar-refractivity contribution in [3.05, 3.63) is 52.6 Å². The molecule has 8 heteroatoms. The quantitative estimate of drug-likeness (QED) is 0.556. The molecule has 0 unspecified atom stereocenters. The lowest BCUT2D eigenvalue weighted by atomic mass is 10.1. The van der Waals surface area contributed by atoms with E-state index >= 15 is 0 Å². The number of aryl methyl sites for hydroxylation is 3. The molecule has 0 saturated heterocycles. The van der Waals surface area contributed by atoms with Gasteiger partial charge in [0.25, 0.3) is 0 Å². The molecule has 0 amide bonds. The average Bonchev–Trinajstić information content (AvgIpc) is 2.60. The summed E-state index contributed by atoms with van der Waals surface area (Å²) in [5, 5.41) is 12.9. The molecule has 0 spiro atoms. The number of oxime groups is 1. The Balaban J connectivity index is 2.42. The lowest BCUT2D eigenvalue weighted by molar-refractivity contribution is 0.339. The highest BCUT2D eigenvalue weighted by Gasteiger charge is 2.22. The van der Waals surface area contributed by atoms with Crippen molar-refractivity contribution in [1.82, 2.24) is 0 Å². The van der Waals surface area contributed by atoms with Crippen LogP contribution in [-0.2, 0) is 14.4 Å². The van der Waals surface area contributed by atoms with Crippen molar-refractivity contribution in [2.24, 2.45) is 5.16 Å². The molecule has 0 bridgehead atoms. The lowest BCUT2D eigenvalue weighted by Gasteiger charge is -2.11. The van der Waals surface area contributed by atoms with Gasteiger partial charge >= 0.3 is 10.1 Å². The molecule has 0 aliphatic carbocycles. The number of rotatable bonds is 6. The van der Waals surface area contributed by atoms with Crippen LogP contribution in [0.15, 0.2) is 40.4 Å². The third kappa shape index (κ3) is 4.38. The molecule has 0 radical (unpaired) electrons. The maximum atomic E-state index is 12.6. The zero-order chi connectivity index (χ0) is 20.2. The summed E-state index contributed by atoms with van der Waals surface area (Å²) >= 11 is 0. The Bertz CT molecular complexity index is 1010. The minimum atomic E-state index is -4.17. The Labute approximate surface area is 158 Å². The number of benzene rings is 2. The Hall–Kier alpha value is -3.05.